The smallest absolute Gasteiger partial charge is 0.417 e. The van der Waals surface area contributed by atoms with Gasteiger partial charge in [0.1, 0.15) is 11.6 Å². The van der Waals surface area contributed by atoms with Crippen molar-refractivity contribution in [3.8, 4) is 17.5 Å². The topological polar surface area (TPSA) is 102 Å². The number of halogens is 4. The average Bonchev–Trinajstić information content (AvgIpc) is 3.14. The first kappa shape index (κ1) is 20.7. The van der Waals surface area contributed by atoms with Gasteiger partial charge in [-0.15, -0.1) is 0 Å². The van der Waals surface area contributed by atoms with Crippen LogP contribution in [0, 0.1) is 17.2 Å². The van der Waals surface area contributed by atoms with Gasteiger partial charge in [0.25, 0.3) is 0 Å². The summed E-state index contributed by atoms with van der Waals surface area (Å²) in [5.41, 5.74) is -0.687. The van der Waals surface area contributed by atoms with Crippen LogP contribution >= 0.6 is 11.6 Å². The molecule has 29 heavy (non-hydrogen) atoms. The first-order chi connectivity index (χ1) is 13.7. The zero-order valence-corrected chi connectivity index (χ0v) is 15.6. The van der Waals surface area contributed by atoms with Gasteiger partial charge in [0, 0.05) is 25.2 Å². The van der Waals surface area contributed by atoms with E-state index in [1.165, 1.54) is 12.3 Å². The molecule has 1 aliphatic rings. The molecule has 0 saturated carbocycles. The fraction of sp³-hybridized carbons (Fsp3) is 0.333. The van der Waals surface area contributed by atoms with Crippen molar-refractivity contribution in [3.05, 3.63) is 40.5 Å². The molecule has 0 radical (unpaired) electrons. The van der Waals surface area contributed by atoms with Crippen LogP contribution in [0.4, 0.5) is 23.8 Å². The van der Waals surface area contributed by atoms with E-state index in [2.05, 4.69) is 15.3 Å². The maximum Gasteiger partial charge on any atom is 0.417 e. The number of nitriles is 1. The molecule has 0 spiro atoms. The minimum Gasteiger partial charge on any atom is -0.465 e. The quantitative estimate of drug-likeness (QED) is 0.772. The van der Waals surface area contributed by atoms with Gasteiger partial charge < -0.3 is 15.3 Å². The SMILES string of the molecule is N#Cc1cnc(-c2ccc(Cl)c(C(F)(F)F)c2)nc1N1CCC(CNC(=O)O)C1. The molecule has 1 saturated heterocycles. The number of amides is 1. The van der Waals surface area contributed by atoms with Crippen LogP contribution in [-0.4, -0.2) is 40.8 Å². The number of nitrogens with zero attached hydrogens (tertiary/aromatic N) is 4. The number of alkyl halides is 3. The van der Waals surface area contributed by atoms with Gasteiger partial charge in [0.15, 0.2) is 11.6 Å². The molecule has 1 aromatic heterocycles. The number of nitrogens with one attached hydrogen (secondary N) is 1. The highest BCUT2D eigenvalue weighted by Crippen LogP contribution is 2.37. The summed E-state index contributed by atoms with van der Waals surface area (Å²) in [7, 11) is 0. The molecule has 1 unspecified atom stereocenters. The maximum atomic E-state index is 13.1. The Morgan fingerprint density at radius 3 is 2.86 bits per heavy atom. The number of aromatic nitrogens is 2. The van der Waals surface area contributed by atoms with Gasteiger partial charge in [-0.05, 0) is 30.5 Å². The van der Waals surface area contributed by atoms with Crippen molar-refractivity contribution < 1.29 is 23.1 Å². The summed E-state index contributed by atoms with van der Waals surface area (Å²) in [5, 5.41) is 20.0. The van der Waals surface area contributed by atoms with Crippen molar-refractivity contribution >= 4 is 23.5 Å². The monoisotopic (exact) mass is 425 g/mol. The molecule has 1 aromatic carbocycles. The summed E-state index contributed by atoms with van der Waals surface area (Å²) < 4.78 is 39.4. The van der Waals surface area contributed by atoms with Gasteiger partial charge in [-0.3, -0.25) is 0 Å². The number of carboxylic acid groups (broad SMARTS) is 1. The van der Waals surface area contributed by atoms with Gasteiger partial charge in [-0.2, -0.15) is 18.4 Å². The molecule has 1 amide bonds. The lowest BCUT2D eigenvalue weighted by atomic mass is 10.1. The van der Waals surface area contributed by atoms with E-state index in [-0.39, 0.29) is 29.4 Å². The summed E-state index contributed by atoms with van der Waals surface area (Å²) >= 11 is 5.66. The fourth-order valence-electron chi connectivity index (χ4n) is 3.14. The van der Waals surface area contributed by atoms with E-state index in [1.54, 1.807) is 4.90 Å². The number of anilines is 1. The van der Waals surface area contributed by atoms with Crippen molar-refractivity contribution in [3.63, 3.8) is 0 Å². The van der Waals surface area contributed by atoms with Crippen molar-refractivity contribution in [2.24, 2.45) is 5.92 Å². The van der Waals surface area contributed by atoms with Crippen molar-refractivity contribution in [1.82, 2.24) is 15.3 Å². The van der Waals surface area contributed by atoms with E-state index >= 15 is 0 Å². The fourth-order valence-corrected chi connectivity index (χ4v) is 3.36. The van der Waals surface area contributed by atoms with Crippen LogP contribution in [0.3, 0.4) is 0 Å². The third kappa shape index (κ3) is 4.68. The summed E-state index contributed by atoms with van der Waals surface area (Å²) in [5.74, 6) is 0.371. The second kappa shape index (κ2) is 8.13. The van der Waals surface area contributed by atoms with Crippen LogP contribution in [0.1, 0.15) is 17.5 Å². The number of hydrogen-bond donors (Lipinski definition) is 2. The van der Waals surface area contributed by atoms with Gasteiger partial charge in [0.05, 0.1) is 16.8 Å². The van der Waals surface area contributed by atoms with Gasteiger partial charge in [0.2, 0.25) is 0 Å². The summed E-state index contributed by atoms with van der Waals surface area (Å²) in [4.78, 5) is 20.8. The summed E-state index contributed by atoms with van der Waals surface area (Å²) in [6.07, 6.45) is -3.79. The van der Waals surface area contributed by atoms with Crippen LogP contribution in [0.5, 0.6) is 0 Å². The number of hydrogen-bond acceptors (Lipinski definition) is 5. The van der Waals surface area contributed by atoms with E-state index in [4.69, 9.17) is 16.7 Å². The van der Waals surface area contributed by atoms with Crippen LogP contribution in [0.15, 0.2) is 24.4 Å². The normalized spacial score (nSPS) is 16.5. The first-order valence-corrected chi connectivity index (χ1v) is 8.93. The highest BCUT2D eigenvalue weighted by atomic mass is 35.5. The number of rotatable bonds is 4. The molecule has 2 heterocycles. The highest BCUT2D eigenvalue weighted by Gasteiger charge is 2.34. The Balaban J connectivity index is 1.91. The Kier molecular flexibility index (Phi) is 5.79. The van der Waals surface area contributed by atoms with Gasteiger partial charge in [-0.25, -0.2) is 14.8 Å². The highest BCUT2D eigenvalue weighted by molar-refractivity contribution is 6.31. The molecule has 0 aliphatic carbocycles. The van der Waals surface area contributed by atoms with Gasteiger partial charge in [-0.1, -0.05) is 11.6 Å². The van der Waals surface area contributed by atoms with Crippen LogP contribution < -0.4 is 10.2 Å². The predicted molar refractivity (Wildman–Crippen MR) is 98.5 cm³/mol. The minimum atomic E-state index is -4.62. The Morgan fingerprint density at radius 2 is 2.21 bits per heavy atom. The molecule has 7 nitrogen and oxygen atoms in total. The summed E-state index contributed by atoms with van der Waals surface area (Å²) in [6.45, 7) is 1.25. The predicted octanol–water partition coefficient (Wildman–Crippen LogP) is 3.78. The second-order valence-corrected chi connectivity index (χ2v) is 6.93. The molecular formula is C18H15ClF3N5O2. The van der Waals surface area contributed by atoms with Crippen LogP contribution in [0.25, 0.3) is 11.4 Å². The molecule has 2 aromatic rings. The van der Waals surface area contributed by atoms with E-state index in [0.717, 1.165) is 12.1 Å². The molecule has 3 rings (SSSR count). The molecule has 0 bridgehead atoms. The van der Waals surface area contributed by atoms with Crippen molar-refractivity contribution in [1.29, 1.82) is 5.26 Å². The molecule has 1 fully saturated rings. The van der Waals surface area contributed by atoms with E-state index in [1.807, 2.05) is 6.07 Å². The Hall–Kier alpha value is -3.06. The largest absolute Gasteiger partial charge is 0.465 e. The van der Waals surface area contributed by atoms with Gasteiger partial charge >= 0.3 is 12.3 Å². The Bertz CT molecular complexity index is 977. The number of benzene rings is 1. The third-order valence-electron chi connectivity index (χ3n) is 4.55. The van der Waals surface area contributed by atoms with Crippen LogP contribution in [0.2, 0.25) is 5.02 Å². The Morgan fingerprint density at radius 1 is 1.45 bits per heavy atom. The average molecular weight is 426 g/mol. The minimum absolute atomic E-state index is 0.0309. The third-order valence-corrected chi connectivity index (χ3v) is 4.88. The standard InChI is InChI=1S/C18H15ClF3N5O2/c19-14-2-1-11(5-13(14)18(20,21)22)15-24-8-12(6-23)16(26-15)27-4-3-10(9-27)7-25-17(28)29/h1-2,5,8,10,25H,3-4,7,9H2,(H,28,29). The van der Waals surface area contributed by atoms with E-state index in [0.29, 0.717) is 25.3 Å². The lowest BCUT2D eigenvalue weighted by Gasteiger charge is -2.19. The maximum absolute atomic E-state index is 13.1. The second-order valence-electron chi connectivity index (χ2n) is 6.52. The first-order valence-electron chi connectivity index (χ1n) is 8.55. The van der Waals surface area contributed by atoms with Crippen molar-refractivity contribution in [2.75, 3.05) is 24.5 Å². The lowest BCUT2D eigenvalue weighted by Crippen LogP contribution is -2.30. The molecule has 2 N–H and O–H groups in total. The molecule has 1 atom stereocenters. The van der Waals surface area contributed by atoms with Crippen molar-refractivity contribution in [2.45, 2.75) is 12.6 Å². The van der Waals surface area contributed by atoms with E-state index in [9.17, 15) is 23.2 Å². The Labute approximate surface area is 168 Å². The molecule has 11 heteroatoms. The zero-order valence-electron chi connectivity index (χ0n) is 14.9. The lowest BCUT2D eigenvalue weighted by molar-refractivity contribution is -0.137. The molecule has 152 valence electrons. The molecular weight excluding hydrogens is 411 g/mol. The van der Waals surface area contributed by atoms with E-state index < -0.39 is 22.9 Å². The summed E-state index contributed by atoms with van der Waals surface area (Å²) in [6, 6.07) is 5.37. The zero-order chi connectivity index (χ0) is 21.2. The number of carbonyl (C=O) groups is 1. The molecule has 1 aliphatic heterocycles. The van der Waals surface area contributed by atoms with Crippen LogP contribution in [-0.2, 0) is 6.18 Å².